The molecule has 3 aromatic rings. The van der Waals surface area contributed by atoms with Crippen LogP contribution in [0.25, 0.3) is 10.7 Å². The summed E-state index contributed by atoms with van der Waals surface area (Å²) in [5, 5.41) is 10.9. The number of alkyl halides is 3. The number of benzene rings is 1. The van der Waals surface area contributed by atoms with Gasteiger partial charge in [0.15, 0.2) is 5.82 Å². The van der Waals surface area contributed by atoms with Gasteiger partial charge in [-0.1, -0.05) is 29.4 Å². The van der Waals surface area contributed by atoms with E-state index in [0.717, 1.165) is 34.8 Å². The predicted molar refractivity (Wildman–Crippen MR) is 100 cm³/mol. The molecule has 1 atom stereocenters. The van der Waals surface area contributed by atoms with Gasteiger partial charge in [0.2, 0.25) is 11.1 Å². The van der Waals surface area contributed by atoms with E-state index in [9.17, 15) is 18.0 Å². The van der Waals surface area contributed by atoms with Crippen LogP contribution in [0, 0.1) is 0 Å². The summed E-state index contributed by atoms with van der Waals surface area (Å²) in [5.41, 5.74) is -0.990. The van der Waals surface area contributed by atoms with Crippen LogP contribution in [0.2, 0.25) is 5.02 Å². The van der Waals surface area contributed by atoms with E-state index in [1.54, 1.807) is 6.92 Å². The second-order valence-corrected chi connectivity index (χ2v) is 8.05. The third-order valence-corrected chi connectivity index (χ3v) is 5.59. The van der Waals surface area contributed by atoms with E-state index in [4.69, 9.17) is 11.6 Å². The summed E-state index contributed by atoms with van der Waals surface area (Å²) >= 11 is 8.47. The summed E-state index contributed by atoms with van der Waals surface area (Å²) in [6.07, 6.45) is -4.53. The first-order valence-electron chi connectivity index (χ1n) is 7.54. The largest absolute Gasteiger partial charge is 0.416 e. The van der Waals surface area contributed by atoms with Crippen molar-refractivity contribution < 1.29 is 18.0 Å². The number of anilines is 1. The van der Waals surface area contributed by atoms with Crippen molar-refractivity contribution in [3.8, 4) is 10.7 Å². The van der Waals surface area contributed by atoms with Gasteiger partial charge in [-0.15, -0.1) is 16.4 Å². The van der Waals surface area contributed by atoms with E-state index < -0.39 is 22.9 Å². The molecule has 142 valence electrons. The Morgan fingerprint density at radius 1 is 1.37 bits per heavy atom. The van der Waals surface area contributed by atoms with Crippen LogP contribution in [0.15, 0.2) is 40.9 Å². The molecule has 5 nitrogen and oxygen atoms in total. The first-order valence-corrected chi connectivity index (χ1v) is 9.68. The number of carbonyl (C=O) groups is 1. The highest BCUT2D eigenvalue weighted by atomic mass is 35.5. The molecule has 11 heteroatoms. The molecule has 0 aliphatic rings. The Balaban J connectivity index is 1.68. The number of carbonyl (C=O) groups excluding carboxylic acids is 1. The van der Waals surface area contributed by atoms with Crippen molar-refractivity contribution in [3.05, 3.63) is 46.3 Å². The zero-order valence-corrected chi connectivity index (χ0v) is 16.1. The second-order valence-electron chi connectivity index (χ2n) is 5.39. The Hall–Kier alpha value is -2.04. The lowest BCUT2D eigenvalue weighted by Crippen LogP contribution is -2.23. The Bertz CT molecular complexity index is 944. The highest BCUT2D eigenvalue weighted by Gasteiger charge is 2.31. The van der Waals surface area contributed by atoms with Crippen molar-refractivity contribution in [2.75, 3.05) is 5.32 Å². The van der Waals surface area contributed by atoms with E-state index >= 15 is 0 Å². The maximum absolute atomic E-state index is 12.8. The quantitative estimate of drug-likeness (QED) is 0.535. The minimum Gasteiger partial charge on any atom is -0.324 e. The lowest BCUT2D eigenvalue weighted by atomic mass is 10.2. The Morgan fingerprint density at radius 2 is 2.15 bits per heavy atom. The number of thiophene rings is 1. The third-order valence-electron chi connectivity index (χ3n) is 3.42. The summed E-state index contributed by atoms with van der Waals surface area (Å²) < 4.78 is 38.5. The fourth-order valence-corrected chi connectivity index (χ4v) is 3.62. The van der Waals surface area contributed by atoms with Crippen LogP contribution in [0.3, 0.4) is 0 Å². The van der Waals surface area contributed by atoms with E-state index in [0.29, 0.717) is 11.0 Å². The van der Waals surface area contributed by atoms with Crippen LogP contribution in [0.5, 0.6) is 0 Å². The van der Waals surface area contributed by atoms with Gasteiger partial charge < -0.3 is 5.32 Å². The number of amides is 1. The number of nitrogens with zero attached hydrogens (tertiary/aromatic N) is 2. The van der Waals surface area contributed by atoms with Gasteiger partial charge in [0, 0.05) is 0 Å². The number of aromatic amines is 1. The van der Waals surface area contributed by atoms with Crippen LogP contribution in [-0.2, 0) is 11.0 Å². The molecule has 0 fully saturated rings. The first kappa shape index (κ1) is 19.7. The number of nitrogens with one attached hydrogen (secondary N) is 2. The van der Waals surface area contributed by atoms with E-state index in [2.05, 4.69) is 20.5 Å². The number of halogens is 4. The topological polar surface area (TPSA) is 70.7 Å². The average Bonchev–Trinajstić information content (AvgIpc) is 3.26. The number of H-pyrrole nitrogens is 1. The fraction of sp³-hybridized carbons (Fsp3) is 0.188. The van der Waals surface area contributed by atoms with Gasteiger partial charge in [-0.25, -0.2) is 4.98 Å². The Kier molecular flexibility index (Phi) is 5.78. The van der Waals surface area contributed by atoms with Gasteiger partial charge >= 0.3 is 6.18 Å². The molecular formula is C16H12ClF3N4OS2. The zero-order chi connectivity index (χ0) is 19.6. The molecule has 0 radical (unpaired) electrons. The SMILES string of the molecule is CC(Sc1n[nH]c(-c2cccs2)n1)C(=O)Nc1cc(C(F)(F)F)ccc1Cl. The monoisotopic (exact) mass is 432 g/mol. The summed E-state index contributed by atoms with van der Waals surface area (Å²) in [4.78, 5) is 17.5. The van der Waals surface area contributed by atoms with Gasteiger partial charge in [-0.3, -0.25) is 9.89 Å². The second kappa shape index (κ2) is 7.91. The molecule has 0 aliphatic heterocycles. The van der Waals surface area contributed by atoms with Crippen LogP contribution in [-0.4, -0.2) is 26.3 Å². The molecule has 27 heavy (non-hydrogen) atoms. The van der Waals surface area contributed by atoms with E-state index in [1.165, 1.54) is 11.3 Å². The van der Waals surface area contributed by atoms with Crippen molar-refractivity contribution in [2.24, 2.45) is 0 Å². The summed E-state index contributed by atoms with van der Waals surface area (Å²) in [6, 6.07) is 6.52. The van der Waals surface area contributed by atoms with Crippen LogP contribution < -0.4 is 5.32 Å². The van der Waals surface area contributed by atoms with Crippen molar-refractivity contribution in [2.45, 2.75) is 23.5 Å². The van der Waals surface area contributed by atoms with Crippen LogP contribution in [0.4, 0.5) is 18.9 Å². The fourth-order valence-electron chi connectivity index (χ4n) is 2.07. The van der Waals surface area contributed by atoms with E-state index in [1.807, 2.05) is 17.5 Å². The summed E-state index contributed by atoms with van der Waals surface area (Å²) in [5.74, 6) is 0.0738. The molecule has 0 spiro atoms. The highest BCUT2D eigenvalue weighted by molar-refractivity contribution is 8.00. The Labute approximate surface area is 165 Å². The number of thioether (sulfide) groups is 1. The summed E-state index contributed by atoms with van der Waals surface area (Å²) in [7, 11) is 0. The standard InChI is InChI=1S/C16H12ClF3N4OS2/c1-8(27-15-22-13(23-24-15)12-3-2-6-26-12)14(25)21-11-7-9(16(18,19)20)4-5-10(11)17/h2-8H,1H3,(H,21,25)(H,22,23,24). The number of rotatable bonds is 5. The number of aromatic nitrogens is 3. The molecule has 1 unspecified atom stereocenters. The maximum atomic E-state index is 12.8. The van der Waals surface area contributed by atoms with Gasteiger partial charge in [-0.05, 0) is 36.6 Å². The predicted octanol–water partition coefficient (Wildman–Crippen LogP) is 5.32. The first-order chi connectivity index (χ1) is 12.7. The highest BCUT2D eigenvalue weighted by Crippen LogP contribution is 2.34. The van der Waals surface area contributed by atoms with Crippen molar-refractivity contribution >= 4 is 46.3 Å². The van der Waals surface area contributed by atoms with Crippen molar-refractivity contribution in [1.29, 1.82) is 0 Å². The minimum atomic E-state index is -4.53. The normalized spacial score (nSPS) is 12.8. The maximum Gasteiger partial charge on any atom is 0.416 e. The van der Waals surface area contributed by atoms with Crippen LogP contribution >= 0.6 is 34.7 Å². The molecule has 2 aromatic heterocycles. The third kappa shape index (κ3) is 4.82. The van der Waals surface area contributed by atoms with Gasteiger partial charge in [-0.2, -0.15) is 13.2 Å². The lowest BCUT2D eigenvalue weighted by molar-refractivity contribution is -0.137. The molecule has 0 bridgehead atoms. The summed E-state index contributed by atoms with van der Waals surface area (Å²) in [6.45, 7) is 1.60. The molecule has 1 aromatic carbocycles. The Morgan fingerprint density at radius 3 is 2.81 bits per heavy atom. The van der Waals surface area contributed by atoms with Crippen molar-refractivity contribution in [1.82, 2.24) is 15.2 Å². The average molecular weight is 433 g/mol. The molecule has 0 saturated carbocycles. The molecule has 0 saturated heterocycles. The van der Waals surface area contributed by atoms with E-state index in [-0.39, 0.29) is 10.7 Å². The van der Waals surface area contributed by atoms with Gasteiger partial charge in [0.05, 0.1) is 26.4 Å². The van der Waals surface area contributed by atoms with Gasteiger partial charge in [0.1, 0.15) is 0 Å². The molecule has 2 heterocycles. The molecule has 0 aliphatic carbocycles. The lowest BCUT2D eigenvalue weighted by Gasteiger charge is -2.13. The van der Waals surface area contributed by atoms with Crippen LogP contribution in [0.1, 0.15) is 12.5 Å². The molecular weight excluding hydrogens is 421 g/mol. The molecule has 1 amide bonds. The molecule has 2 N–H and O–H groups in total. The van der Waals surface area contributed by atoms with Crippen molar-refractivity contribution in [3.63, 3.8) is 0 Å². The number of hydrogen-bond donors (Lipinski definition) is 2. The van der Waals surface area contributed by atoms with Gasteiger partial charge in [0.25, 0.3) is 0 Å². The minimum absolute atomic E-state index is 0.0198. The molecule has 3 rings (SSSR count). The zero-order valence-electron chi connectivity index (χ0n) is 13.7. The smallest absolute Gasteiger partial charge is 0.324 e. The number of hydrogen-bond acceptors (Lipinski definition) is 5.